The Hall–Kier alpha value is -2.19. The van der Waals surface area contributed by atoms with Crippen molar-refractivity contribution in [3.05, 3.63) is 47.8 Å². The lowest BCUT2D eigenvalue weighted by molar-refractivity contribution is 0.615. The normalized spacial score (nSPS) is 10.1. The maximum Gasteiger partial charge on any atom is 0.217 e. The highest BCUT2D eigenvalue weighted by Gasteiger charge is 2.09. The zero-order valence-electron chi connectivity index (χ0n) is 8.39. The summed E-state index contributed by atoms with van der Waals surface area (Å²) in [5.74, 6) is -0.267. The molecule has 0 unspecified atom stereocenters. The standard InChI is InChI=1S/C11H9FN4/c12-9-5-8(6-13)1-2-10(9)16-4-3-15-11(16)7-14/h1-5H,6,13H2. The average molecular weight is 216 g/mol. The summed E-state index contributed by atoms with van der Waals surface area (Å²) in [5.41, 5.74) is 6.41. The fourth-order valence-corrected chi connectivity index (χ4v) is 1.45. The minimum atomic E-state index is -0.419. The first-order chi connectivity index (χ1) is 7.76. The number of nitriles is 1. The number of aromatic nitrogens is 2. The third kappa shape index (κ3) is 1.66. The molecular weight excluding hydrogens is 207 g/mol. The number of benzene rings is 1. The molecule has 0 spiro atoms. The first-order valence-electron chi connectivity index (χ1n) is 4.68. The van der Waals surface area contributed by atoms with Crippen molar-refractivity contribution in [3.63, 3.8) is 0 Å². The van der Waals surface area contributed by atoms with E-state index in [-0.39, 0.29) is 12.4 Å². The molecule has 16 heavy (non-hydrogen) atoms. The molecule has 2 aromatic rings. The van der Waals surface area contributed by atoms with Crippen LogP contribution in [0.15, 0.2) is 30.6 Å². The Labute approximate surface area is 91.8 Å². The Kier molecular flexibility index (Phi) is 2.66. The van der Waals surface area contributed by atoms with Crippen LogP contribution in [-0.4, -0.2) is 9.55 Å². The van der Waals surface area contributed by atoms with Gasteiger partial charge in [-0.1, -0.05) is 6.07 Å². The van der Waals surface area contributed by atoms with Crippen molar-refractivity contribution >= 4 is 0 Å². The molecule has 1 aromatic heterocycles. The molecule has 0 saturated carbocycles. The summed E-state index contributed by atoms with van der Waals surface area (Å²) in [6.45, 7) is 0.284. The second kappa shape index (κ2) is 4.13. The van der Waals surface area contributed by atoms with Crippen molar-refractivity contribution in [1.29, 1.82) is 5.26 Å². The van der Waals surface area contributed by atoms with E-state index in [0.717, 1.165) is 0 Å². The van der Waals surface area contributed by atoms with E-state index >= 15 is 0 Å². The monoisotopic (exact) mass is 216 g/mol. The van der Waals surface area contributed by atoms with Crippen molar-refractivity contribution in [3.8, 4) is 11.8 Å². The van der Waals surface area contributed by atoms with E-state index in [1.807, 2.05) is 6.07 Å². The Balaban J connectivity index is 2.53. The number of imidazole rings is 1. The summed E-state index contributed by atoms with van der Waals surface area (Å²) in [7, 11) is 0. The molecule has 80 valence electrons. The molecule has 0 saturated heterocycles. The number of hydrogen-bond donors (Lipinski definition) is 1. The molecule has 0 atom stereocenters. The highest BCUT2D eigenvalue weighted by molar-refractivity contribution is 5.39. The predicted octanol–water partition coefficient (Wildman–Crippen LogP) is 1.34. The maximum atomic E-state index is 13.7. The molecule has 0 aliphatic rings. The molecule has 0 radical (unpaired) electrons. The first kappa shape index (κ1) is 10.3. The van der Waals surface area contributed by atoms with Gasteiger partial charge in [0.05, 0.1) is 5.69 Å². The van der Waals surface area contributed by atoms with Gasteiger partial charge in [0.1, 0.15) is 11.9 Å². The van der Waals surface area contributed by atoms with Crippen LogP contribution in [0.5, 0.6) is 0 Å². The fraction of sp³-hybridized carbons (Fsp3) is 0.0909. The van der Waals surface area contributed by atoms with Crippen LogP contribution in [0.2, 0.25) is 0 Å². The van der Waals surface area contributed by atoms with Crippen LogP contribution >= 0.6 is 0 Å². The molecule has 0 bridgehead atoms. The van der Waals surface area contributed by atoms with Gasteiger partial charge in [-0.25, -0.2) is 9.37 Å². The second-order valence-corrected chi connectivity index (χ2v) is 3.22. The molecule has 0 aliphatic heterocycles. The van der Waals surface area contributed by atoms with Gasteiger partial charge in [-0.05, 0) is 17.7 Å². The van der Waals surface area contributed by atoms with Crippen molar-refractivity contribution in [2.75, 3.05) is 0 Å². The van der Waals surface area contributed by atoms with Gasteiger partial charge in [-0.15, -0.1) is 0 Å². The zero-order valence-corrected chi connectivity index (χ0v) is 8.39. The molecule has 0 fully saturated rings. The largest absolute Gasteiger partial charge is 0.326 e. The Bertz CT molecular complexity index is 553. The molecule has 0 aliphatic carbocycles. The minimum Gasteiger partial charge on any atom is -0.326 e. The average Bonchev–Trinajstić information content (AvgIpc) is 2.76. The summed E-state index contributed by atoms with van der Waals surface area (Å²) >= 11 is 0. The summed E-state index contributed by atoms with van der Waals surface area (Å²) in [6.07, 6.45) is 2.99. The SMILES string of the molecule is N#Cc1nccn1-c1ccc(CN)cc1F. The van der Waals surface area contributed by atoms with Gasteiger partial charge in [0.2, 0.25) is 5.82 Å². The van der Waals surface area contributed by atoms with Crippen molar-refractivity contribution in [2.45, 2.75) is 6.54 Å². The molecular formula is C11H9FN4. The number of nitrogens with zero attached hydrogens (tertiary/aromatic N) is 3. The van der Waals surface area contributed by atoms with E-state index in [1.54, 1.807) is 18.3 Å². The van der Waals surface area contributed by atoms with Crippen LogP contribution in [0.25, 0.3) is 5.69 Å². The summed E-state index contributed by atoms with van der Waals surface area (Å²) in [5, 5.41) is 8.78. The predicted molar refractivity (Wildman–Crippen MR) is 56.1 cm³/mol. The van der Waals surface area contributed by atoms with Crippen LogP contribution in [-0.2, 0) is 6.54 Å². The van der Waals surface area contributed by atoms with E-state index < -0.39 is 5.82 Å². The van der Waals surface area contributed by atoms with Crippen LogP contribution in [0.1, 0.15) is 11.4 Å². The van der Waals surface area contributed by atoms with Gasteiger partial charge in [0, 0.05) is 18.9 Å². The quantitative estimate of drug-likeness (QED) is 0.823. The first-order valence-corrected chi connectivity index (χ1v) is 4.68. The smallest absolute Gasteiger partial charge is 0.217 e. The van der Waals surface area contributed by atoms with E-state index in [4.69, 9.17) is 11.0 Å². The number of halogens is 1. The molecule has 2 rings (SSSR count). The van der Waals surface area contributed by atoms with E-state index in [9.17, 15) is 4.39 Å². The highest BCUT2D eigenvalue weighted by Crippen LogP contribution is 2.16. The van der Waals surface area contributed by atoms with E-state index in [1.165, 1.54) is 16.8 Å². The van der Waals surface area contributed by atoms with Crippen molar-refractivity contribution < 1.29 is 4.39 Å². The second-order valence-electron chi connectivity index (χ2n) is 3.22. The van der Waals surface area contributed by atoms with Crippen molar-refractivity contribution in [2.24, 2.45) is 5.73 Å². The van der Waals surface area contributed by atoms with Gasteiger partial charge in [-0.3, -0.25) is 4.57 Å². The Morgan fingerprint density at radius 1 is 1.50 bits per heavy atom. The molecule has 0 amide bonds. The lowest BCUT2D eigenvalue weighted by Gasteiger charge is -2.06. The highest BCUT2D eigenvalue weighted by atomic mass is 19.1. The lowest BCUT2D eigenvalue weighted by atomic mass is 10.2. The third-order valence-electron chi connectivity index (χ3n) is 2.25. The Morgan fingerprint density at radius 2 is 2.31 bits per heavy atom. The van der Waals surface area contributed by atoms with Gasteiger partial charge in [0.15, 0.2) is 0 Å². The van der Waals surface area contributed by atoms with Crippen LogP contribution in [0.4, 0.5) is 4.39 Å². The lowest BCUT2D eigenvalue weighted by Crippen LogP contribution is -2.02. The number of rotatable bonds is 2. The topological polar surface area (TPSA) is 67.6 Å². The maximum absolute atomic E-state index is 13.7. The third-order valence-corrected chi connectivity index (χ3v) is 2.25. The van der Waals surface area contributed by atoms with Crippen LogP contribution < -0.4 is 5.73 Å². The van der Waals surface area contributed by atoms with E-state index in [0.29, 0.717) is 11.3 Å². The van der Waals surface area contributed by atoms with Gasteiger partial charge < -0.3 is 5.73 Å². The van der Waals surface area contributed by atoms with Crippen molar-refractivity contribution in [1.82, 2.24) is 9.55 Å². The van der Waals surface area contributed by atoms with Crippen LogP contribution in [0, 0.1) is 17.1 Å². The molecule has 4 nitrogen and oxygen atoms in total. The van der Waals surface area contributed by atoms with Crippen LogP contribution in [0.3, 0.4) is 0 Å². The summed E-state index contributed by atoms with van der Waals surface area (Å²) in [4.78, 5) is 3.81. The molecule has 1 aromatic carbocycles. The van der Waals surface area contributed by atoms with Gasteiger partial charge >= 0.3 is 0 Å². The summed E-state index contributed by atoms with van der Waals surface area (Å²) < 4.78 is 15.1. The fourth-order valence-electron chi connectivity index (χ4n) is 1.45. The summed E-state index contributed by atoms with van der Waals surface area (Å²) in [6, 6.07) is 6.55. The molecule has 2 N–H and O–H groups in total. The minimum absolute atomic E-state index is 0.152. The molecule has 1 heterocycles. The number of nitrogens with two attached hydrogens (primary N) is 1. The van der Waals surface area contributed by atoms with E-state index in [2.05, 4.69) is 4.98 Å². The zero-order chi connectivity index (χ0) is 11.5. The molecule has 5 heteroatoms. The Morgan fingerprint density at radius 3 is 2.94 bits per heavy atom. The van der Waals surface area contributed by atoms with Gasteiger partial charge in [-0.2, -0.15) is 5.26 Å². The van der Waals surface area contributed by atoms with Gasteiger partial charge in [0.25, 0.3) is 0 Å². The number of hydrogen-bond acceptors (Lipinski definition) is 3.